The van der Waals surface area contributed by atoms with Crippen LogP contribution in [0.5, 0.6) is 0 Å². The van der Waals surface area contributed by atoms with Crippen LogP contribution >= 0.6 is 12.2 Å². The van der Waals surface area contributed by atoms with E-state index < -0.39 is 0 Å². The highest BCUT2D eigenvalue weighted by atomic mass is 32.1. The van der Waals surface area contributed by atoms with Crippen molar-refractivity contribution >= 4 is 23.5 Å². The third-order valence-corrected chi connectivity index (χ3v) is 3.72. The molecule has 1 heterocycles. The minimum atomic E-state index is 0.477. The number of thiocarbonyl (C=S) groups is 1. The third-order valence-electron chi connectivity index (χ3n) is 3.51. The summed E-state index contributed by atoms with van der Waals surface area (Å²) in [7, 11) is 0. The molecule has 2 atom stereocenters. The van der Waals surface area contributed by atoms with Gasteiger partial charge >= 0.3 is 0 Å². The van der Waals surface area contributed by atoms with Gasteiger partial charge in [0.1, 0.15) is 0 Å². The van der Waals surface area contributed by atoms with Crippen molar-refractivity contribution < 1.29 is 0 Å². The van der Waals surface area contributed by atoms with E-state index >= 15 is 0 Å². The predicted octanol–water partition coefficient (Wildman–Crippen LogP) is 2.46. The molecule has 0 unspecified atom stereocenters. The maximum absolute atomic E-state index is 5.25. The van der Waals surface area contributed by atoms with Crippen LogP contribution in [-0.2, 0) is 0 Å². The number of nitrogens with zero attached hydrogens (tertiary/aromatic N) is 2. The Labute approximate surface area is 119 Å². The number of aromatic nitrogens is 1. The number of nitrogens with one attached hydrogen (secondary N) is 2. The summed E-state index contributed by atoms with van der Waals surface area (Å²) in [4.78, 5) is 3.95. The fraction of sp³-hybridized carbons (Fsp3) is 0.500. The molecule has 1 aliphatic rings. The highest BCUT2D eigenvalue weighted by Gasteiger charge is 2.21. The fourth-order valence-corrected chi connectivity index (χ4v) is 2.55. The molecule has 5 heteroatoms. The number of hydrogen-bond donors (Lipinski definition) is 2. The lowest BCUT2D eigenvalue weighted by atomic mass is 9.86. The van der Waals surface area contributed by atoms with Gasteiger partial charge in [-0.05, 0) is 48.7 Å². The van der Waals surface area contributed by atoms with Gasteiger partial charge in [-0.3, -0.25) is 10.4 Å². The lowest BCUT2D eigenvalue weighted by Gasteiger charge is -2.30. The van der Waals surface area contributed by atoms with Gasteiger partial charge in [0, 0.05) is 18.4 Å². The molecular weight excluding hydrogens is 256 g/mol. The molecule has 0 saturated heterocycles. The van der Waals surface area contributed by atoms with Crippen molar-refractivity contribution in [2.75, 3.05) is 0 Å². The highest BCUT2D eigenvalue weighted by Crippen LogP contribution is 2.23. The van der Waals surface area contributed by atoms with Crippen LogP contribution in [-0.4, -0.2) is 22.4 Å². The molecule has 0 aliphatic heterocycles. The molecule has 1 aromatic rings. The summed E-state index contributed by atoms with van der Waals surface area (Å²) in [5.41, 5.74) is 3.86. The average Bonchev–Trinajstić information content (AvgIpc) is 2.43. The Bertz CT molecular complexity index is 432. The maximum atomic E-state index is 5.25. The Balaban J connectivity index is 1.77. The van der Waals surface area contributed by atoms with Gasteiger partial charge in [-0.25, -0.2) is 0 Å². The Morgan fingerprint density at radius 1 is 1.37 bits per heavy atom. The molecule has 0 aromatic carbocycles. The van der Waals surface area contributed by atoms with Gasteiger partial charge in [-0.15, -0.1) is 0 Å². The zero-order valence-electron chi connectivity index (χ0n) is 11.2. The smallest absolute Gasteiger partial charge is 0.187 e. The van der Waals surface area contributed by atoms with Crippen molar-refractivity contribution in [3.63, 3.8) is 0 Å². The van der Waals surface area contributed by atoms with Gasteiger partial charge in [0.2, 0.25) is 0 Å². The molecular formula is C14H20N4S. The van der Waals surface area contributed by atoms with Gasteiger partial charge in [-0.2, -0.15) is 5.10 Å². The van der Waals surface area contributed by atoms with E-state index in [1.807, 2.05) is 12.1 Å². The monoisotopic (exact) mass is 276 g/mol. The SMILES string of the molecule is C[C@H]1CCCC[C@H]1NC(=S)N/N=C\c1ccncc1. The van der Waals surface area contributed by atoms with E-state index in [9.17, 15) is 0 Å². The van der Waals surface area contributed by atoms with Crippen LogP contribution in [0.1, 0.15) is 38.2 Å². The van der Waals surface area contributed by atoms with Gasteiger partial charge in [0.25, 0.3) is 0 Å². The Hall–Kier alpha value is -1.49. The van der Waals surface area contributed by atoms with Crippen LogP contribution in [0, 0.1) is 5.92 Å². The molecule has 0 spiro atoms. The molecule has 19 heavy (non-hydrogen) atoms. The van der Waals surface area contributed by atoms with E-state index in [1.54, 1.807) is 18.6 Å². The van der Waals surface area contributed by atoms with E-state index in [1.165, 1.54) is 25.7 Å². The summed E-state index contributed by atoms with van der Waals surface area (Å²) < 4.78 is 0. The largest absolute Gasteiger partial charge is 0.358 e. The number of hydrazone groups is 1. The predicted molar refractivity (Wildman–Crippen MR) is 82.1 cm³/mol. The minimum absolute atomic E-state index is 0.477. The second-order valence-corrected chi connectivity index (χ2v) is 5.40. The third kappa shape index (κ3) is 4.59. The molecule has 0 amide bonds. The molecule has 0 bridgehead atoms. The van der Waals surface area contributed by atoms with E-state index in [2.05, 4.69) is 27.8 Å². The van der Waals surface area contributed by atoms with Gasteiger partial charge < -0.3 is 5.32 Å². The first-order chi connectivity index (χ1) is 9.25. The molecule has 0 radical (unpaired) electrons. The lowest BCUT2D eigenvalue weighted by molar-refractivity contribution is 0.308. The van der Waals surface area contributed by atoms with Crippen LogP contribution in [0.2, 0.25) is 0 Å². The van der Waals surface area contributed by atoms with Gasteiger partial charge in [0.05, 0.1) is 6.21 Å². The Kier molecular flexibility index (Phi) is 5.27. The number of hydrogen-bond acceptors (Lipinski definition) is 3. The van der Waals surface area contributed by atoms with Crippen molar-refractivity contribution in [2.24, 2.45) is 11.0 Å². The fourth-order valence-electron chi connectivity index (χ4n) is 2.35. The molecule has 2 N–H and O–H groups in total. The second kappa shape index (κ2) is 7.19. The Morgan fingerprint density at radius 3 is 2.84 bits per heavy atom. The zero-order valence-corrected chi connectivity index (χ0v) is 12.0. The van der Waals surface area contributed by atoms with Crippen molar-refractivity contribution in [2.45, 2.75) is 38.6 Å². The summed E-state index contributed by atoms with van der Waals surface area (Å²) in [6, 6.07) is 4.26. The quantitative estimate of drug-likeness (QED) is 0.506. The topological polar surface area (TPSA) is 49.3 Å². The van der Waals surface area contributed by atoms with E-state index in [0.29, 0.717) is 17.1 Å². The molecule has 4 nitrogen and oxygen atoms in total. The minimum Gasteiger partial charge on any atom is -0.358 e. The van der Waals surface area contributed by atoms with Crippen LogP contribution in [0.25, 0.3) is 0 Å². The maximum Gasteiger partial charge on any atom is 0.187 e. The van der Waals surface area contributed by atoms with Crippen LogP contribution in [0.3, 0.4) is 0 Å². The Morgan fingerprint density at radius 2 is 2.11 bits per heavy atom. The number of pyridine rings is 1. The molecule has 2 rings (SSSR count). The van der Waals surface area contributed by atoms with Crippen molar-refractivity contribution in [3.8, 4) is 0 Å². The molecule has 1 saturated carbocycles. The van der Waals surface area contributed by atoms with Gasteiger partial charge in [-0.1, -0.05) is 19.8 Å². The molecule has 1 aliphatic carbocycles. The first-order valence-electron chi connectivity index (χ1n) is 6.75. The molecule has 1 fully saturated rings. The first-order valence-corrected chi connectivity index (χ1v) is 7.16. The van der Waals surface area contributed by atoms with Crippen LogP contribution < -0.4 is 10.7 Å². The highest BCUT2D eigenvalue weighted by molar-refractivity contribution is 7.80. The van der Waals surface area contributed by atoms with E-state index in [4.69, 9.17) is 12.2 Å². The van der Waals surface area contributed by atoms with E-state index in [0.717, 1.165) is 5.56 Å². The normalized spacial score (nSPS) is 23.2. The summed E-state index contributed by atoms with van der Waals surface area (Å²) in [5, 5.41) is 8.08. The number of rotatable bonds is 3. The van der Waals surface area contributed by atoms with Crippen molar-refractivity contribution in [3.05, 3.63) is 30.1 Å². The first kappa shape index (κ1) is 13.9. The lowest BCUT2D eigenvalue weighted by Crippen LogP contribution is -2.44. The standard InChI is InChI=1S/C14H20N4S/c1-11-4-2-3-5-13(11)17-14(19)18-16-10-12-6-8-15-9-7-12/h6-11,13H,2-5H2,1H3,(H2,17,18,19)/b16-10-/t11-,13+/m0/s1. The van der Waals surface area contributed by atoms with Gasteiger partial charge in [0.15, 0.2) is 5.11 Å². The van der Waals surface area contributed by atoms with E-state index in [-0.39, 0.29) is 0 Å². The average molecular weight is 276 g/mol. The zero-order chi connectivity index (χ0) is 13.5. The molecule has 102 valence electrons. The molecule has 1 aromatic heterocycles. The van der Waals surface area contributed by atoms with Crippen molar-refractivity contribution in [1.29, 1.82) is 0 Å². The van der Waals surface area contributed by atoms with Crippen LogP contribution in [0.15, 0.2) is 29.6 Å². The second-order valence-electron chi connectivity index (χ2n) is 4.99. The summed E-state index contributed by atoms with van der Waals surface area (Å²) in [6.45, 7) is 2.28. The summed E-state index contributed by atoms with van der Waals surface area (Å²) >= 11 is 5.25. The summed E-state index contributed by atoms with van der Waals surface area (Å²) in [5.74, 6) is 0.678. The van der Waals surface area contributed by atoms with Crippen LogP contribution in [0.4, 0.5) is 0 Å². The summed E-state index contributed by atoms with van der Waals surface area (Å²) in [6.07, 6.45) is 10.3. The van der Waals surface area contributed by atoms with Crippen molar-refractivity contribution in [1.82, 2.24) is 15.7 Å².